The predicted molar refractivity (Wildman–Crippen MR) is 58.0 cm³/mol. The van der Waals surface area contributed by atoms with Gasteiger partial charge >= 0.3 is 0 Å². The Morgan fingerprint density at radius 1 is 1.40 bits per heavy atom. The fraction of sp³-hybridized carbons (Fsp3) is 0.0909. The molecule has 0 aromatic heterocycles. The highest BCUT2D eigenvalue weighted by Gasteiger charge is 2.05. The van der Waals surface area contributed by atoms with Crippen LogP contribution >= 0.6 is 0 Å². The third-order valence-electron chi connectivity index (χ3n) is 1.64. The van der Waals surface area contributed by atoms with E-state index in [0.717, 1.165) is 0 Å². The zero-order valence-electron chi connectivity index (χ0n) is 8.32. The normalized spacial score (nSPS) is 10.9. The number of aliphatic hydroxyl groups excluding tert-OH is 1. The third kappa shape index (κ3) is 3.64. The molecule has 0 bridgehead atoms. The standard InChI is InChI=1S/C11H12N2O2/c1-8(14)7-10(12)13-11(15)9-5-3-2-4-6-9/h2-7,14H,1H3,(H2,12,13,15)/b8-7+. The number of benzene rings is 1. The van der Waals surface area contributed by atoms with E-state index in [1.807, 2.05) is 0 Å². The average molecular weight is 204 g/mol. The van der Waals surface area contributed by atoms with Crippen LogP contribution in [0.25, 0.3) is 0 Å². The van der Waals surface area contributed by atoms with Crippen LogP contribution in [0.2, 0.25) is 0 Å². The van der Waals surface area contributed by atoms with E-state index in [1.165, 1.54) is 13.0 Å². The van der Waals surface area contributed by atoms with Crippen molar-refractivity contribution in [2.24, 2.45) is 0 Å². The maximum atomic E-state index is 11.5. The number of carbonyl (C=O) groups excluding carboxylic acids is 1. The van der Waals surface area contributed by atoms with Crippen LogP contribution in [0, 0.1) is 5.41 Å². The van der Waals surface area contributed by atoms with Gasteiger partial charge in [-0.15, -0.1) is 0 Å². The lowest BCUT2D eigenvalue weighted by molar-refractivity contribution is 0.0977. The van der Waals surface area contributed by atoms with Gasteiger partial charge in [-0.05, 0) is 19.1 Å². The van der Waals surface area contributed by atoms with Crippen LogP contribution < -0.4 is 5.32 Å². The SMILES string of the molecule is C/C(O)=C\C(=N)NC(=O)c1ccccc1. The van der Waals surface area contributed by atoms with Gasteiger partial charge in [-0.25, -0.2) is 0 Å². The molecule has 4 heteroatoms. The summed E-state index contributed by atoms with van der Waals surface area (Å²) < 4.78 is 0. The van der Waals surface area contributed by atoms with Crippen molar-refractivity contribution >= 4 is 11.7 Å². The van der Waals surface area contributed by atoms with Crippen LogP contribution in [0.15, 0.2) is 42.2 Å². The molecule has 0 radical (unpaired) electrons. The van der Waals surface area contributed by atoms with E-state index in [4.69, 9.17) is 10.5 Å². The highest BCUT2D eigenvalue weighted by Crippen LogP contribution is 1.97. The van der Waals surface area contributed by atoms with Crippen LogP contribution in [0.1, 0.15) is 17.3 Å². The monoisotopic (exact) mass is 204 g/mol. The molecule has 0 aliphatic carbocycles. The van der Waals surface area contributed by atoms with Crippen LogP contribution in [0.5, 0.6) is 0 Å². The second kappa shape index (κ2) is 4.95. The van der Waals surface area contributed by atoms with Gasteiger partial charge in [-0.3, -0.25) is 10.2 Å². The average Bonchev–Trinajstić information content (AvgIpc) is 2.17. The first kappa shape index (κ1) is 11.0. The number of carbonyl (C=O) groups is 1. The summed E-state index contributed by atoms with van der Waals surface area (Å²) in [5.74, 6) is -0.518. The van der Waals surface area contributed by atoms with E-state index in [2.05, 4.69) is 5.32 Å². The van der Waals surface area contributed by atoms with E-state index >= 15 is 0 Å². The number of nitrogens with one attached hydrogen (secondary N) is 2. The van der Waals surface area contributed by atoms with Gasteiger partial charge in [-0.1, -0.05) is 18.2 Å². The molecule has 0 saturated heterocycles. The molecule has 0 aliphatic rings. The fourth-order valence-electron chi connectivity index (χ4n) is 1.03. The fourth-order valence-corrected chi connectivity index (χ4v) is 1.03. The van der Waals surface area contributed by atoms with Crippen LogP contribution in [-0.2, 0) is 0 Å². The molecule has 4 nitrogen and oxygen atoms in total. The van der Waals surface area contributed by atoms with Crippen LogP contribution in [-0.4, -0.2) is 16.8 Å². The molecule has 0 aliphatic heterocycles. The van der Waals surface area contributed by atoms with Crippen molar-refractivity contribution in [3.8, 4) is 0 Å². The second-order valence-electron chi connectivity index (χ2n) is 3.02. The lowest BCUT2D eigenvalue weighted by Gasteiger charge is -2.02. The van der Waals surface area contributed by atoms with E-state index in [1.54, 1.807) is 30.3 Å². The predicted octanol–water partition coefficient (Wildman–Crippen LogP) is 1.86. The number of amidine groups is 1. The van der Waals surface area contributed by atoms with Crippen molar-refractivity contribution in [1.82, 2.24) is 5.32 Å². The zero-order chi connectivity index (χ0) is 11.3. The quantitative estimate of drug-likeness (QED) is 0.391. The summed E-state index contributed by atoms with van der Waals surface area (Å²) in [5.41, 5.74) is 0.478. The Bertz CT molecular complexity index is 392. The molecule has 1 rings (SSSR count). The van der Waals surface area contributed by atoms with Gasteiger partial charge in [0.05, 0.1) is 5.76 Å². The highest BCUT2D eigenvalue weighted by molar-refractivity contribution is 6.09. The van der Waals surface area contributed by atoms with Crippen molar-refractivity contribution < 1.29 is 9.90 Å². The van der Waals surface area contributed by atoms with E-state index in [9.17, 15) is 4.79 Å². The van der Waals surface area contributed by atoms with Gasteiger partial charge in [0, 0.05) is 11.6 Å². The Hall–Kier alpha value is -2.10. The molecule has 0 saturated carbocycles. The van der Waals surface area contributed by atoms with Gasteiger partial charge in [0.25, 0.3) is 5.91 Å². The minimum absolute atomic E-state index is 0.0200. The summed E-state index contributed by atoms with van der Waals surface area (Å²) >= 11 is 0. The maximum absolute atomic E-state index is 11.5. The first-order valence-corrected chi connectivity index (χ1v) is 4.42. The molecule has 1 aromatic rings. The number of allylic oxidation sites excluding steroid dienone is 1. The van der Waals surface area contributed by atoms with Gasteiger partial charge in [0.1, 0.15) is 5.84 Å². The molecule has 15 heavy (non-hydrogen) atoms. The molecule has 0 heterocycles. The highest BCUT2D eigenvalue weighted by atomic mass is 16.3. The Balaban J connectivity index is 2.65. The van der Waals surface area contributed by atoms with Gasteiger partial charge in [-0.2, -0.15) is 0 Å². The summed E-state index contributed by atoms with van der Waals surface area (Å²) in [5, 5.41) is 18.5. The maximum Gasteiger partial charge on any atom is 0.256 e. The third-order valence-corrected chi connectivity index (χ3v) is 1.64. The molecular formula is C11H12N2O2. The lowest BCUT2D eigenvalue weighted by atomic mass is 10.2. The Kier molecular flexibility index (Phi) is 3.62. The summed E-state index contributed by atoms with van der Waals surface area (Å²) in [6, 6.07) is 8.59. The lowest BCUT2D eigenvalue weighted by Crippen LogP contribution is -2.28. The first-order chi connectivity index (χ1) is 7.09. The van der Waals surface area contributed by atoms with Crippen molar-refractivity contribution in [3.05, 3.63) is 47.7 Å². The van der Waals surface area contributed by atoms with Gasteiger partial charge in [0.15, 0.2) is 0 Å². The van der Waals surface area contributed by atoms with Crippen LogP contribution in [0.3, 0.4) is 0 Å². The van der Waals surface area contributed by atoms with E-state index in [-0.39, 0.29) is 17.5 Å². The van der Waals surface area contributed by atoms with Crippen molar-refractivity contribution in [3.63, 3.8) is 0 Å². The minimum atomic E-state index is -0.363. The summed E-state index contributed by atoms with van der Waals surface area (Å²) in [6.07, 6.45) is 1.17. The largest absolute Gasteiger partial charge is 0.512 e. The molecule has 1 amide bonds. The van der Waals surface area contributed by atoms with Crippen molar-refractivity contribution in [2.75, 3.05) is 0 Å². The minimum Gasteiger partial charge on any atom is -0.512 e. The Morgan fingerprint density at radius 2 is 2.00 bits per heavy atom. The molecule has 0 unspecified atom stereocenters. The van der Waals surface area contributed by atoms with Crippen molar-refractivity contribution in [2.45, 2.75) is 6.92 Å². The molecular weight excluding hydrogens is 192 g/mol. The Morgan fingerprint density at radius 3 is 2.53 bits per heavy atom. The number of hydrogen-bond donors (Lipinski definition) is 3. The van der Waals surface area contributed by atoms with Crippen molar-refractivity contribution in [1.29, 1.82) is 5.41 Å². The number of rotatable bonds is 2. The van der Waals surface area contributed by atoms with E-state index < -0.39 is 0 Å². The summed E-state index contributed by atoms with van der Waals surface area (Å²) in [4.78, 5) is 11.5. The Labute approximate surface area is 87.8 Å². The number of aliphatic hydroxyl groups is 1. The molecule has 0 fully saturated rings. The second-order valence-corrected chi connectivity index (χ2v) is 3.02. The molecule has 78 valence electrons. The first-order valence-electron chi connectivity index (χ1n) is 4.42. The molecule has 0 spiro atoms. The summed E-state index contributed by atoms with van der Waals surface area (Å²) in [7, 11) is 0. The number of hydrogen-bond acceptors (Lipinski definition) is 3. The summed E-state index contributed by atoms with van der Waals surface area (Å²) in [6.45, 7) is 1.43. The van der Waals surface area contributed by atoms with Crippen LogP contribution in [0.4, 0.5) is 0 Å². The van der Waals surface area contributed by atoms with E-state index in [0.29, 0.717) is 5.56 Å². The van der Waals surface area contributed by atoms with Gasteiger partial charge in [0.2, 0.25) is 0 Å². The zero-order valence-corrected chi connectivity index (χ0v) is 8.32. The van der Waals surface area contributed by atoms with Gasteiger partial charge < -0.3 is 10.4 Å². The molecule has 3 N–H and O–H groups in total. The topological polar surface area (TPSA) is 73.2 Å². The smallest absolute Gasteiger partial charge is 0.256 e. The molecule has 1 aromatic carbocycles. The number of amides is 1. The molecule has 0 atom stereocenters.